The summed E-state index contributed by atoms with van der Waals surface area (Å²) < 4.78 is 13.2. The molecule has 0 unspecified atom stereocenters. The first-order chi connectivity index (χ1) is 30.8. The maximum Gasteiger partial charge on any atom is 0.267 e. The van der Waals surface area contributed by atoms with Gasteiger partial charge in [-0.25, -0.2) is 4.98 Å². The molecule has 0 aliphatic rings. The number of fused-ring (bicyclic) bond motifs is 3. The Balaban J connectivity index is 0.00000592. The van der Waals surface area contributed by atoms with Crippen LogP contribution in [0.25, 0.3) is 39.0 Å². The normalized spacial score (nSPS) is 12.4. The van der Waals surface area contributed by atoms with Gasteiger partial charge in [0.15, 0.2) is 0 Å². The number of hydrogen-bond donors (Lipinski definition) is 0. The molecule has 9 aromatic rings. The van der Waals surface area contributed by atoms with Crippen LogP contribution in [-0.4, -0.2) is 14.1 Å². The Kier molecular flexibility index (Phi) is 12.2. The van der Waals surface area contributed by atoms with Gasteiger partial charge in [0.05, 0.1) is 11.4 Å². The van der Waals surface area contributed by atoms with Gasteiger partial charge in [-0.1, -0.05) is 154 Å². The van der Waals surface area contributed by atoms with Gasteiger partial charge in [0, 0.05) is 60.8 Å². The van der Waals surface area contributed by atoms with Gasteiger partial charge in [0.2, 0.25) is 0 Å². The predicted molar refractivity (Wildman–Crippen MR) is 266 cm³/mol. The monoisotopic (exact) mass is 1050 g/mol. The van der Waals surface area contributed by atoms with Gasteiger partial charge in [-0.15, -0.1) is 29.7 Å². The summed E-state index contributed by atoms with van der Waals surface area (Å²) in [6.45, 7) is 27.1. The first-order valence-corrected chi connectivity index (χ1v) is 22.8. The van der Waals surface area contributed by atoms with E-state index < -0.39 is 0 Å². The van der Waals surface area contributed by atoms with Crippen LogP contribution >= 0.6 is 0 Å². The second-order valence-corrected chi connectivity index (χ2v) is 20.7. The molecular weight excluding hydrogens is 988 g/mol. The molecule has 0 radical (unpaired) electrons. The second kappa shape index (κ2) is 17.3. The van der Waals surface area contributed by atoms with E-state index in [1.54, 1.807) is 0 Å². The van der Waals surface area contributed by atoms with Gasteiger partial charge in [-0.2, -0.15) is 18.2 Å². The second-order valence-electron chi connectivity index (χ2n) is 20.7. The minimum atomic E-state index is -0.247. The van der Waals surface area contributed by atoms with Crippen LogP contribution in [0.2, 0.25) is 0 Å². The number of pyridine rings is 1. The first-order valence-electron chi connectivity index (χ1n) is 22.8. The molecule has 0 aliphatic carbocycles. The molecule has 3 aromatic heterocycles. The minimum absolute atomic E-state index is 0. The van der Waals surface area contributed by atoms with Crippen molar-refractivity contribution in [3.63, 3.8) is 0 Å². The van der Waals surface area contributed by atoms with Crippen molar-refractivity contribution in [2.24, 2.45) is 0 Å². The van der Waals surface area contributed by atoms with E-state index in [2.05, 4.69) is 237 Å². The zero-order chi connectivity index (χ0) is 46.1. The van der Waals surface area contributed by atoms with E-state index in [4.69, 9.17) is 9.72 Å². The van der Waals surface area contributed by atoms with Gasteiger partial charge >= 0.3 is 0 Å². The van der Waals surface area contributed by atoms with Gasteiger partial charge in [0.1, 0.15) is 5.82 Å². The summed E-state index contributed by atoms with van der Waals surface area (Å²) in [6, 6.07) is 57.1. The number of aromatic nitrogens is 4. The van der Waals surface area contributed by atoms with Crippen LogP contribution < -0.4 is 9.30 Å². The first kappa shape index (κ1) is 46.5. The van der Waals surface area contributed by atoms with Crippen molar-refractivity contribution < 1.29 is 30.4 Å². The van der Waals surface area contributed by atoms with Crippen molar-refractivity contribution in [2.45, 2.75) is 105 Å². The van der Waals surface area contributed by atoms with Crippen LogP contribution in [0.3, 0.4) is 0 Å². The number of hydrogen-bond acceptors (Lipinski definition) is 2. The fourth-order valence-corrected chi connectivity index (χ4v) is 8.99. The van der Waals surface area contributed by atoms with E-state index in [-0.39, 0.29) is 42.7 Å². The minimum Gasteiger partial charge on any atom is -0.510 e. The molecule has 6 heteroatoms. The summed E-state index contributed by atoms with van der Waals surface area (Å²) in [4.78, 5) is 5.03. The van der Waals surface area contributed by atoms with Crippen LogP contribution in [0.1, 0.15) is 114 Å². The molecule has 338 valence electrons. The van der Waals surface area contributed by atoms with Crippen LogP contribution in [0.15, 0.2) is 146 Å². The summed E-state index contributed by atoms with van der Waals surface area (Å²) >= 11 is 0. The zero-order valence-electron chi connectivity index (χ0n) is 40.4. The molecule has 0 fully saturated rings. The Bertz CT molecular complexity index is 3180. The van der Waals surface area contributed by atoms with Crippen molar-refractivity contribution in [1.29, 1.82) is 0 Å². The number of rotatable bonds is 9. The van der Waals surface area contributed by atoms with E-state index >= 15 is 0 Å². The van der Waals surface area contributed by atoms with Gasteiger partial charge in [-0.3, -0.25) is 4.57 Å². The van der Waals surface area contributed by atoms with E-state index in [9.17, 15) is 0 Å². The van der Waals surface area contributed by atoms with Gasteiger partial charge in [-0.05, 0) is 99.5 Å². The van der Waals surface area contributed by atoms with Gasteiger partial charge < -0.3 is 13.9 Å². The Labute approximate surface area is 406 Å². The molecule has 3 heterocycles. The van der Waals surface area contributed by atoms with E-state index in [0.717, 1.165) is 50.4 Å². The zero-order valence-corrected chi connectivity index (χ0v) is 42.6. The van der Waals surface area contributed by atoms with Crippen LogP contribution in [0, 0.1) is 32.3 Å². The predicted octanol–water partition coefficient (Wildman–Crippen LogP) is 14.3. The summed E-state index contributed by atoms with van der Waals surface area (Å²) in [5.41, 5.74) is 13.1. The fraction of sp³-hybridized carbons (Fsp3) is 0.267. The number of benzene rings is 6. The maximum absolute atomic E-state index is 6.70. The van der Waals surface area contributed by atoms with Crippen molar-refractivity contribution in [3.05, 3.63) is 209 Å². The molecule has 0 saturated heterocycles. The molecule has 0 N–H and O–H groups in total. The Morgan fingerprint density at radius 1 is 0.530 bits per heavy atom. The molecular formula is C60H60N4OPt-2. The molecule has 0 bridgehead atoms. The number of ether oxygens (including phenoxy) is 1. The fourth-order valence-electron chi connectivity index (χ4n) is 8.99. The number of nitrogens with zero attached hydrogens (tertiary/aromatic N) is 4. The molecule has 6 aromatic carbocycles. The smallest absolute Gasteiger partial charge is 0.267 e. The summed E-state index contributed by atoms with van der Waals surface area (Å²) in [7, 11) is 0. The average Bonchev–Trinajstić information content (AvgIpc) is 3.78. The van der Waals surface area contributed by atoms with Crippen LogP contribution in [-0.2, 0) is 42.7 Å². The molecule has 0 amide bonds. The summed E-state index contributed by atoms with van der Waals surface area (Å²) in [5, 5.41) is 2.21. The van der Waals surface area contributed by atoms with Crippen molar-refractivity contribution in [3.8, 4) is 28.7 Å². The van der Waals surface area contributed by atoms with E-state index in [1.165, 1.54) is 33.4 Å². The summed E-state index contributed by atoms with van der Waals surface area (Å²) in [5.74, 6) is 2.01. The molecule has 9 rings (SSSR count). The average molecular weight is 1050 g/mol. The molecule has 0 spiro atoms. The Morgan fingerprint density at radius 3 is 1.73 bits per heavy atom. The Hall–Kier alpha value is -6.03. The SMILES string of the molecule is Cc1c(C)[n+](-c2cc(C(C)(C)C)cc(C(C)(C)C)c2)[c-]n1-c1[c-]c(Oc2[c-]c3c(cc2)c2cc(C(C)(C)c4ccccc4)ccc2n3-c2cc(C(C)(C)c3ccccc3)ccn2)ccc1.[Pt]. The third-order valence-electron chi connectivity index (χ3n) is 13.6. The van der Waals surface area contributed by atoms with Crippen molar-refractivity contribution in [1.82, 2.24) is 14.1 Å². The topological polar surface area (TPSA) is 35.9 Å². The quantitative estimate of drug-likeness (QED) is 0.107. The summed E-state index contributed by atoms with van der Waals surface area (Å²) in [6.07, 6.45) is 5.60. The van der Waals surface area contributed by atoms with Crippen LogP contribution in [0.5, 0.6) is 11.5 Å². The van der Waals surface area contributed by atoms with E-state index in [0.29, 0.717) is 11.5 Å². The maximum atomic E-state index is 6.70. The van der Waals surface area contributed by atoms with Crippen molar-refractivity contribution in [2.75, 3.05) is 0 Å². The molecule has 5 nitrogen and oxygen atoms in total. The molecule has 0 saturated carbocycles. The van der Waals surface area contributed by atoms with Crippen molar-refractivity contribution >= 4 is 21.8 Å². The van der Waals surface area contributed by atoms with E-state index in [1.807, 2.05) is 24.4 Å². The largest absolute Gasteiger partial charge is 0.510 e. The molecule has 66 heavy (non-hydrogen) atoms. The third-order valence-corrected chi connectivity index (χ3v) is 13.6. The standard InChI is InChI=1S/C60H60N4O.Pt/c1-40-41(2)63(49-33-46(57(3,4)5)32-47(34-49)58(6,7)8)39-62(40)48-24-19-25-50(37-48)65-51-27-28-52-53-35-44(59(9,10)42-20-15-13-16-21-42)26-29-54(53)64(55(52)38-51)56-36-45(30-31-61-56)60(11,12)43-22-17-14-18-23-43;/h13-36H,1-12H3;/q-2;. The van der Waals surface area contributed by atoms with Gasteiger partial charge in [0.25, 0.3) is 6.33 Å². The number of imidazole rings is 1. The third kappa shape index (κ3) is 8.59. The van der Waals surface area contributed by atoms with Crippen LogP contribution in [0.4, 0.5) is 0 Å². The molecule has 0 aliphatic heterocycles. The molecule has 0 atom stereocenters. The Morgan fingerprint density at radius 2 is 1.12 bits per heavy atom.